The van der Waals surface area contributed by atoms with Crippen molar-refractivity contribution in [1.29, 1.82) is 0 Å². The van der Waals surface area contributed by atoms with E-state index in [-0.39, 0.29) is 0 Å². The normalized spacial score (nSPS) is 11.3. The van der Waals surface area contributed by atoms with Crippen LogP contribution >= 0.6 is 12.2 Å². The van der Waals surface area contributed by atoms with Crippen molar-refractivity contribution in [2.24, 2.45) is 10.7 Å². The molecule has 0 aliphatic heterocycles. The van der Waals surface area contributed by atoms with Gasteiger partial charge in [-0.05, 0) is 50.0 Å². The Kier molecular flexibility index (Phi) is 7.15. The third-order valence-corrected chi connectivity index (χ3v) is 3.43. The molecule has 1 aromatic rings. The Bertz CT molecular complexity index is 485. The molecule has 0 unspecified atom stereocenters. The lowest BCUT2D eigenvalue weighted by Crippen LogP contribution is -2.39. The van der Waals surface area contributed by atoms with Gasteiger partial charge < -0.3 is 16.0 Å². The standard InChI is InChI=1S/C16H26N4S/c1-5-10-20(11-6-2)15(17)19-16(21)18-14-12(3)8-7-9-13(14)4/h7-9H,5-6,10-11H2,1-4H3,(H3,17,18,19,21). The minimum absolute atomic E-state index is 0.405. The summed E-state index contributed by atoms with van der Waals surface area (Å²) in [4.78, 5) is 6.40. The van der Waals surface area contributed by atoms with E-state index in [1.807, 2.05) is 32.0 Å². The first-order valence-electron chi connectivity index (χ1n) is 7.45. The molecule has 0 radical (unpaired) electrons. The van der Waals surface area contributed by atoms with Crippen LogP contribution < -0.4 is 11.1 Å². The maximum absolute atomic E-state index is 6.07. The summed E-state index contributed by atoms with van der Waals surface area (Å²) in [5, 5.41) is 3.59. The molecule has 0 spiro atoms. The number of hydrogen-bond donors (Lipinski definition) is 2. The van der Waals surface area contributed by atoms with Crippen LogP contribution in [0.1, 0.15) is 37.8 Å². The van der Waals surface area contributed by atoms with Crippen molar-refractivity contribution in [1.82, 2.24) is 4.90 Å². The summed E-state index contributed by atoms with van der Waals surface area (Å²) in [5.74, 6) is 0.488. The molecule has 3 N–H and O–H groups in total. The largest absolute Gasteiger partial charge is 0.369 e. The lowest BCUT2D eigenvalue weighted by atomic mass is 10.1. The summed E-state index contributed by atoms with van der Waals surface area (Å²) in [5.41, 5.74) is 9.37. The molecular formula is C16H26N4S. The smallest absolute Gasteiger partial charge is 0.200 e. The summed E-state index contributed by atoms with van der Waals surface area (Å²) in [6, 6.07) is 6.12. The van der Waals surface area contributed by atoms with Crippen molar-refractivity contribution >= 4 is 29.0 Å². The number of hydrogen-bond acceptors (Lipinski definition) is 1. The fraction of sp³-hybridized carbons (Fsp3) is 0.500. The van der Waals surface area contributed by atoms with Gasteiger partial charge in [0.15, 0.2) is 5.96 Å². The average Bonchev–Trinajstić information content (AvgIpc) is 2.42. The minimum Gasteiger partial charge on any atom is -0.369 e. The molecule has 5 heteroatoms. The number of thiocarbonyl (C=S) groups is 1. The van der Waals surface area contributed by atoms with E-state index < -0.39 is 0 Å². The zero-order chi connectivity index (χ0) is 15.8. The molecule has 0 aromatic heterocycles. The maximum Gasteiger partial charge on any atom is 0.200 e. The maximum atomic E-state index is 6.07. The van der Waals surface area contributed by atoms with E-state index >= 15 is 0 Å². The summed E-state index contributed by atoms with van der Waals surface area (Å²) in [6.07, 6.45) is 2.07. The number of para-hydroxylation sites is 1. The van der Waals surface area contributed by atoms with Gasteiger partial charge in [-0.25, -0.2) is 0 Å². The highest BCUT2D eigenvalue weighted by Crippen LogP contribution is 2.19. The molecule has 0 fully saturated rings. The second-order valence-corrected chi connectivity index (χ2v) is 5.54. The van der Waals surface area contributed by atoms with Crippen LogP contribution in [0.3, 0.4) is 0 Å². The molecule has 4 nitrogen and oxygen atoms in total. The van der Waals surface area contributed by atoms with Gasteiger partial charge >= 0.3 is 0 Å². The fourth-order valence-electron chi connectivity index (χ4n) is 2.20. The summed E-state index contributed by atoms with van der Waals surface area (Å²) in [6.45, 7) is 10.1. The van der Waals surface area contributed by atoms with Crippen LogP contribution in [0.4, 0.5) is 5.69 Å². The monoisotopic (exact) mass is 306 g/mol. The number of aliphatic imine (C=N–C) groups is 1. The van der Waals surface area contributed by atoms with Gasteiger partial charge in [-0.1, -0.05) is 32.0 Å². The van der Waals surface area contributed by atoms with Crippen molar-refractivity contribution < 1.29 is 0 Å². The highest BCUT2D eigenvalue weighted by Gasteiger charge is 2.08. The first-order chi connectivity index (χ1) is 9.99. The van der Waals surface area contributed by atoms with Crippen molar-refractivity contribution in [3.05, 3.63) is 29.3 Å². The van der Waals surface area contributed by atoms with Gasteiger partial charge in [-0.15, -0.1) is 0 Å². The number of nitrogens with zero attached hydrogens (tertiary/aromatic N) is 2. The molecule has 1 aromatic carbocycles. The predicted octanol–water partition coefficient (Wildman–Crippen LogP) is 3.44. The van der Waals surface area contributed by atoms with Crippen molar-refractivity contribution in [2.75, 3.05) is 18.4 Å². The number of benzene rings is 1. The molecule has 0 saturated heterocycles. The van der Waals surface area contributed by atoms with Crippen LogP contribution in [0, 0.1) is 13.8 Å². The quantitative estimate of drug-likeness (QED) is 0.497. The second kappa shape index (κ2) is 8.62. The zero-order valence-electron chi connectivity index (χ0n) is 13.4. The van der Waals surface area contributed by atoms with Gasteiger partial charge in [0.25, 0.3) is 0 Å². The van der Waals surface area contributed by atoms with Gasteiger partial charge in [0.1, 0.15) is 0 Å². The van der Waals surface area contributed by atoms with E-state index in [2.05, 4.69) is 29.1 Å². The van der Waals surface area contributed by atoms with Crippen LogP contribution in [0.25, 0.3) is 0 Å². The van der Waals surface area contributed by atoms with Gasteiger partial charge in [0.2, 0.25) is 5.11 Å². The lowest BCUT2D eigenvalue weighted by Gasteiger charge is -2.22. The highest BCUT2D eigenvalue weighted by molar-refractivity contribution is 7.80. The number of aryl methyl sites for hydroxylation is 2. The summed E-state index contributed by atoms with van der Waals surface area (Å²) >= 11 is 5.31. The first kappa shape index (κ1) is 17.4. The Morgan fingerprint density at radius 3 is 2.19 bits per heavy atom. The Morgan fingerprint density at radius 1 is 1.19 bits per heavy atom. The Balaban J connectivity index is 2.81. The second-order valence-electron chi connectivity index (χ2n) is 5.15. The summed E-state index contributed by atoms with van der Waals surface area (Å²) in [7, 11) is 0. The predicted molar refractivity (Wildman–Crippen MR) is 95.9 cm³/mol. The molecule has 21 heavy (non-hydrogen) atoms. The van der Waals surface area contributed by atoms with Crippen LogP contribution in [0.2, 0.25) is 0 Å². The molecule has 1 rings (SSSR count). The average molecular weight is 306 g/mol. The molecule has 0 saturated carbocycles. The summed E-state index contributed by atoms with van der Waals surface area (Å²) < 4.78 is 0. The lowest BCUT2D eigenvalue weighted by molar-refractivity contribution is 0.413. The molecule has 0 atom stereocenters. The fourth-order valence-corrected chi connectivity index (χ4v) is 2.40. The van der Waals surface area contributed by atoms with E-state index in [4.69, 9.17) is 18.0 Å². The topological polar surface area (TPSA) is 53.6 Å². The van der Waals surface area contributed by atoms with Gasteiger partial charge in [0, 0.05) is 18.8 Å². The molecule has 0 amide bonds. The third-order valence-electron chi connectivity index (χ3n) is 3.24. The Hall–Kier alpha value is -1.62. The number of anilines is 1. The minimum atomic E-state index is 0.405. The van der Waals surface area contributed by atoms with E-state index in [0.717, 1.165) is 42.7 Å². The van der Waals surface area contributed by atoms with Crippen molar-refractivity contribution in [2.45, 2.75) is 40.5 Å². The molecule has 0 aliphatic carbocycles. The van der Waals surface area contributed by atoms with Gasteiger partial charge in [0.05, 0.1) is 0 Å². The van der Waals surface area contributed by atoms with E-state index in [0.29, 0.717) is 11.1 Å². The van der Waals surface area contributed by atoms with E-state index in [1.165, 1.54) is 0 Å². The van der Waals surface area contributed by atoms with Crippen LogP contribution in [-0.2, 0) is 0 Å². The first-order valence-corrected chi connectivity index (χ1v) is 7.86. The molecular weight excluding hydrogens is 280 g/mol. The van der Waals surface area contributed by atoms with Gasteiger partial charge in [-0.2, -0.15) is 4.99 Å². The van der Waals surface area contributed by atoms with Crippen molar-refractivity contribution in [3.63, 3.8) is 0 Å². The third kappa shape index (κ3) is 5.34. The highest BCUT2D eigenvalue weighted by atomic mass is 32.1. The van der Waals surface area contributed by atoms with E-state index in [9.17, 15) is 0 Å². The number of rotatable bonds is 5. The number of nitrogens with one attached hydrogen (secondary N) is 1. The molecule has 0 bridgehead atoms. The Morgan fingerprint density at radius 2 is 1.71 bits per heavy atom. The molecule has 0 aliphatic rings. The van der Waals surface area contributed by atoms with Crippen molar-refractivity contribution in [3.8, 4) is 0 Å². The van der Waals surface area contributed by atoms with Gasteiger partial charge in [-0.3, -0.25) is 0 Å². The number of guanidine groups is 1. The zero-order valence-corrected chi connectivity index (χ0v) is 14.3. The van der Waals surface area contributed by atoms with Crippen LogP contribution in [0.15, 0.2) is 23.2 Å². The van der Waals surface area contributed by atoms with Crippen LogP contribution in [0.5, 0.6) is 0 Å². The Labute approximate surface area is 133 Å². The SMILES string of the molecule is CCCN(CCC)/C(N)=N\C(=S)Nc1c(C)cccc1C. The van der Waals surface area contributed by atoms with E-state index in [1.54, 1.807) is 0 Å². The number of nitrogens with two attached hydrogens (primary N) is 1. The van der Waals surface area contributed by atoms with Crippen LogP contribution in [-0.4, -0.2) is 29.1 Å². The molecule has 0 heterocycles. The molecule has 116 valence electrons.